The lowest BCUT2D eigenvalue weighted by Crippen LogP contribution is -2.55. The van der Waals surface area contributed by atoms with Crippen molar-refractivity contribution in [2.75, 3.05) is 26.2 Å². The van der Waals surface area contributed by atoms with Crippen molar-refractivity contribution in [2.45, 2.75) is 54.9 Å². The summed E-state index contributed by atoms with van der Waals surface area (Å²) in [6.07, 6.45) is 5.10. The number of likely N-dealkylation sites (tertiary alicyclic amines) is 1. The molecule has 11 heteroatoms. The summed E-state index contributed by atoms with van der Waals surface area (Å²) < 4.78 is 0.417. The highest BCUT2D eigenvalue weighted by molar-refractivity contribution is 8.02. The highest BCUT2D eigenvalue weighted by atomic mass is 32.2. The fraction of sp³-hybridized carbons (Fsp3) is 0.441. The maximum atomic E-state index is 14.7. The van der Waals surface area contributed by atoms with Crippen LogP contribution in [-0.2, 0) is 27.6 Å². The van der Waals surface area contributed by atoms with Gasteiger partial charge in [0.05, 0.1) is 22.1 Å². The molecule has 10 nitrogen and oxygen atoms in total. The van der Waals surface area contributed by atoms with E-state index in [1.54, 1.807) is 43.3 Å². The van der Waals surface area contributed by atoms with Crippen molar-refractivity contribution in [1.82, 2.24) is 29.7 Å². The molecule has 0 aliphatic carbocycles. The number of carbonyl (C=O) groups excluding carboxylic acids is 3. The normalized spacial score (nSPS) is 26.7. The Balaban J connectivity index is 1.36. The van der Waals surface area contributed by atoms with Gasteiger partial charge in [-0.1, -0.05) is 59.8 Å². The van der Waals surface area contributed by atoms with Crippen LogP contribution in [0.2, 0.25) is 0 Å². The average Bonchev–Trinajstić information content (AvgIpc) is 3.75. The zero-order valence-electron chi connectivity index (χ0n) is 25.6. The molecule has 3 saturated heterocycles. The number of carbonyl (C=O) groups is 3. The maximum Gasteiger partial charge on any atom is 0.248 e. The number of aromatic nitrogens is 3. The van der Waals surface area contributed by atoms with Gasteiger partial charge in [-0.15, -0.1) is 30.0 Å². The van der Waals surface area contributed by atoms with Crippen LogP contribution in [0.5, 0.6) is 0 Å². The van der Waals surface area contributed by atoms with Crippen molar-refractivity contribution in [2.24, 2.45) is 11.8 Å². The second-order valence-corrected chi connectivity index (χ2v) is 14.3. The van der Waals surface area contributed by atoms with Gasteiger partial charge in [-0.25, -0.2) is 4.68 Å². The van der Waals surface area contributed by atoms with Crippen LogP contribution in [0.25, 0.3) is 11.0 Å². The molecule has 3 aromatic rings. The summed E-state index contributed by atoms with van der Waals surface area (Å²) in [5, 5.41) is 18.3. The number of amides is 3. The van der Waals surface area contributed by atoms with Gasteiger partial charge in [0.25, 0.3) is 0 Å². The topological polar surface area (TPSA) is 112 Å². The molecule has 236 valence electrons. The van der Waals surface area contributed by atoms with E-state index in [-0.39, 0.29) is 44.1 Å². The summed E-state index contributed by atoms with van der Waals surface area (Å²) in [5.74, 6) is -1.71. The van der Waals surface area contributed by atoms with E-state index in [0.29, 0.717) is 25.9 Å². The minimum absolute atomic E-state index is 0.0825. The second-order valence-electron chi connectivity index (χ2n) is 12.4. The van der Waals surface area contributed by atoms with E-state index in [0.717, 1.165) is 23.0 Å². The van der Waals surface area contributed by atoms with Crippen molar-refractivity contribution in [1.29, 1.82) is 0 Å². The number of aliphatic hydroxyl groups excluding tert-OH is 1. The zero-order valence-corrected chi connectivity index (χ0v) is 26.4. The molecule has 3 aliphatic heterocycles. The van der Waals surface area contributed by atoms with Crippen LogP contribution in [0.4, 0.5) is 0 Å². The highest BCUT2D eigenvalue weighted by Crippen LogP contribution is 2.71. The van der Waals surface area contributed by atoms with Gasteiger partial charge in [-0.05, 0) is 43.9 Å². The number of hydrogen-bond acceptors (Lipinski definition) is 7. The molecule has 5 atom stereocenters. The zero-order chi connectivity index (χ0) is 31.8. The Bertz CT molecular complexity index is 1610. The standard InChI is InChI=1S/C34H40N6O4S/c1-4-18-37(22-24-12-7-6-8-13-24)30(42)27-28-31(43)39(20-11-21-41)29(34(28)17-16-33(27,3)45-34)32(44)38(19-5-2)23-40-26-15-10-9-14-25(26)35-36-40/h4-10,12-15,27-29,41H,1-2,11,16-23H2,3H3/t27-,28-,29?,33+,34?/m0/s1. The number of benzene rings is 2. The molecule has 2 bridgehead atoms. The second kappa shape index (κ2) is 12.4. The number of nitrogens with zero attached hydrogens (tertiary/aromatic N) is 6. The third kappa shape index (κ3) is 5.25. The van der Waals surface area contributed by atoms with E-state index in [9.17, 15) is 19.5 Å². The van der Waals surface area contributed by atoms with E-state index < -0.39 is 27.4 Å². The largest absolute Gasteiger partial charge is 0.396 e. The molecule has 6 rings (SSSR count). The first-order chi connectivity index (χ1) is 21.8. The minimum Gasteiger partial charge on any atom is -0.396 e. The monoisotopic (exact) mass is 628 g/mol. The van der Waals surface area contributed by atoms with Gasteiger partial charge in [0.2, 0.25) is 17.7 Å². The van der Waals surface area contributed by atoms with E-state index >= 15 is 0 Å². The molecule has 3 amide bonds. The van der Waals surface area contributed by atoms with Crippen LogP contribution < -0.4 is 0 Å². The summed E-state index contributed by atoms with van der Waals surface area (Å²) in [5.41, 5.74) is 2.52. The van der Waals surface area contributed by atoms with Gasteiger partial charge in [-0.3, -0.25) is 14.4 Å². The van der Waals surface area contributed by atoms with Crippen LogP contribution in [0, 0.1) is 11.8 Å². The molecular formula is C34H40N6O4S. The summed E-state index contributed by atoms with van der Waals surface area (Å²) in [6.45, 7) is 11.2. The van der Waals surface area contributed by atoms with Crippen molar-refractivity contribution in [3.63, 3.8) is 0 Å². The molecule has 1 aromatic heterocycles. The molecule has 45 heavy (non-hydrogen) atoms. The number of aliphatic hydroxyl groups is 1. The molecule has 1 N–H and O–H groups in total. The van der Waals surface area contributed by atoms with Crippen LogP contribution in [0.15, 0.2) is 79.9 Å². The molecule has 3 aliphatic rings. The van der Waals surface area contributed by atoms with Gasteiger partial charge in [-0.2, -0.15) is 0 Å². The highest BCUT2D eigenvalue weighted by Gasteiger charge is 2.77. The summed E-state index contributed by atoms with van der Waals surface area (Å²) in [4.78, 5) is 48.8. The first-order valence-corrected chi connectivity index (χ1v) is 16.3. The van der Waals surface area contributed by atoms with Gasteiger partial charge in [0.15, 0.2) is 0 Å². The number of rotatable bonds is 13. The summed E-state index contributed by atoms with van der Waals surface area (Å²) >= 11 is 1.65. The summed E-state index contributed by atoms with van der Waals surface area (Å²) in [6, 6.07) is 16.6. The van der Waals surface area contributed by atoms with Crippen LogP contribution >= 0.6 is 11.8 Å². The lowest BCUT2D eigenvalue weighted by atomic mass is 9.66. The van der Waals surface area contributed by atoms with E-state index in [1.807, 2.05) is 54.6 Å². The Hall–Kier alpha value is -3.96. The number of hydrogen-bond donors (Lipinski definition) is 1. The molecule has 1 spiro atoms. The lowest BCUT2D eigenvalue weighted by molar-refractivity contribution is -0.146. The Morgan fingerprint density at radius 1 is 1.04 bits per heavy atom. The molecule has 4 heterocycles. The smallest absolute Gasteiger partial charge is 0.248 e. The Labute approximate surface area is 267 Å². The maximum absolute atomic E-state index is 14.7. The van der Waals surface area contributed by atoms with Crippen molar-refractivity contribution >= 4 is 40.5 Å². The summed E-state index contributed by atoms with van der Waals surface area (Å²) in [7, 11) is 0. The van der Waals surface area contributed by atoms with Gasteiger partial charge < -0.3 is 19.8 Å². The van der Waals surface area contributed by atoms with Crippen LogP contribution in [-0.4, -0.2) is 94.3 Å². The fourth-order valence-electron chi connectivity index (χ4n) is 7.68. The van der Waals surface area contributed by atoms with E-state index in [1.165, 1.54) is 0 Å². The van der Waals surface area contributed by atoms with Gasteiger partial charge >= 0.3 is 0 Å². The molecule has 3 fully saturated rings. The molecule has 2 unspecified atom stereocenters. The van der Waals surface area contributed by atoms with Gasteiger partial charge in [0.1, 0.15) is 18.2 Å². The van der Waals surface area contributed by atoms with E-state index in [4.69, 9.17) is 0 Å². The first kappa shape index (κ1) is 31.0. The number of thioether (sulfide) groups is 1. The van der Waals surface area contributed by atoms with Crippen LogP contribution in [0.3, 0.4) is 0 Å². The predicted octanol–water partition coefficient (Wildman–Crippen LogP) is 3.48. The molecular weight excluding hydrogens is 588 g/mol. The molecule has 0 radical (unpaired) electrons. The van der Waals surface area contributed by atoms with Crippen molar-refractivity contribution in [3.8, 4) is 0 Å². The third-order valence-electron chi connectivity index (χ3n) is 9.60. The predicted molar refractivity (Wildman–Crippen MR) is 174 cm³/mol. The van der Waals surface area contributed by atoms with Crippen molar-refractivity contribution in [3.05, 3.63) is 85.5 Å². The lowest BCUT2D eigenvalue weighted by Gasteiger charge is -2.38. The third-order valence-corrected chi connectivity index (χ3v) is 11.6. The number of para-hydroxylation sites is 1. The Kier molecular flexibility index (Phi) is 8.58. The SMILES string of the molecule is C=CCN(Cn1nnc2ccccc21)C(=O)C1N(CCCO)C(=O)[C@@H]2[C@@H](C(=O)N(CC=C)Cc3ccccc3)[C@@]3(C)CCC12S3. The molecule has 0 saturated carbocycles. The minimum atomic E-state index is -0.789. The fourth-order valence-corrected chi connectivity index (χ4v) is 10.0. The Morgan fingerprint density at radius 3 is 2.49 bits per heavy atom. The van der Waals surface area contributed by atoms with Gasteiger partial charge in [0, 0.05) is 37.5 Å². The number of fused-ring (bicyclic) bond motifs is 2. The quantitative estimate of drug-likeness (QED) is 0.289. The average molecular weight is 629 g/mol. The first-order valence-electron chi connectivity index (χ1n) is 15.5. The van der Waals surface area contributed by atoms with Crippen LogP contribution in [0.1, 0.15) is 31.7 Å². The van der Waals surface area contributed by atoms with E-state index in [2.05, 4.69) is 30.4 Å². The molecule has 2 aromatic carbocycles. The Morgan fingerprint density at radius 2 is 1.76 bits per heavy atom. The van der Waals surface area contributed by atoms with Crippen molar-refractivity contribution < 1.29 is 19.5 Å².